The lowest BCUT2D eigenvalue weighted by Crippen LogP contribution is -2.39. The van der Waals surface area contributed by atoms with Gasteiger partial charge in [-0.15, -0.1) is 12.4 Å². The fourth-order valence-electron chi connectivity index (χ4n) is 4.80. The van der Waals surface area contributed by atoms with Crippen molar-refractivity contribution in [2.75, 3.05) is 24.6 Å². The number of hydrogen-bond donors (Lipinski definition) is 2. The van der Waals surface area contributed by atoms with Gasteiger partial charge in [-0.25, -0.2) is 9.18 Å². The summed E-state index contributed by atoms with van der Waals surface area (Å²) in [5.74, 6) is -1.11. The number of rotatable bonds is 9. The first kappa shape index (κ1) is 27.2. The Morgan fingerprint density at radius 2 is 1.87 bits per heavy atom. The Labute approximate surface area is 227 Å². The third kappa shape index (κ3) is 6.01. The minimum Gasteiger partial charge on any atom is -0.486 e. The number of carboxylic acids is 1. The van der Waals surface area contributed by atoms with Gasteiger partial charge in [0.15, 0.2) is 18.2 Å². The zero-order chi connectivity index (χ0) is 25.8. The average molecular weight is 537 g/mol. The van der Waals surface area contributed by atoms with E-state index in [1.165, 1.54) is 28.5 Å². The summed E-state index contributed by atoms with van der Waals surface area (Å²) in [5, 5.41) is 15.0. The number of carbonyl (C=O) groups is 1. The van der Waals surface area contributed by atoms with Gasteiger partial charge in [0.2, 0.25) is 0 Å². The van der Waals surface area contributed by atoms with Crippen molar-refractivity contribution in [2.24, 2.45) is 0 Å². The van der Waals surface area contributed by atoms with E-state index >= 15 is 0 Å². The lowest BCUT2D eigenvalue weighted by molar-refractivity contribution is -0.139. The minimum absolute atomic E-state index is 0. The molecule has 0 fully saturated rings. The Hall–Kier alpha value is -3.81. The van der Waals surface area contributed by atoms with Crippen LogP contribution in [0.25, 0.3) is 10.8 Å². The van der Waals surface area contributed by atoms with Crippen LogP contribution in [-0.2, 0) is 4.79 Å². The molecule has 0 amide bonds. The minimum atomic E-state index is -1.16. The van der Waals surface area contributed by atoms with Crippen molar-refractivity contribution in [2.45, 2.75) is 25.5 Å². The molecule has 0 spiro atoms. The van der Waals surface area contributed by atoms with Crippen molar-refractivity contribution in [1.82, 2.24) is 5.32 Å². The molecule has 1 aliphatic rings. The second-order valence-electron chi connectivity index (χ2n) is 9.15. The van der Waals surface area contributed by atoms with Crippen molar-refractivity contribution in [1.29, 1.82) is 0 Å². The zero-order valence-electron chi connectivity index (χ0n) is 21.0. The molecule has 4 aromatic carbocycles. The van der Waals surface area contributed by atoms with Crippen LogP contribution in [0.5, 0.6) is 11.5 Å². The molecular weight excluding hydrogens is 507 g/mol. The molecule has 0 radical (unpaired) electrons. The molecule has 8 heteroatoms. The van der Waals surface area contributed by atoms with E-state index in [4.69, 9.17) is 14.6 Å². The molecule has 0 aliphatic carbocycles. The van der Waals surface area contributed by atoms with Gasteiger partial charge in [0, 0.05) is 17.8 Å². The van der Waals surface area contributed by atoms with E-state index in [1.807, 2.05) is 24.3 Å². The normalized spacial score (nSPS) is 15.2. The summed E-state index contributed by atoms with van der Waals surface area (Å²) in [5.41, 5.74) is 2.83. The summed E-state index contributed by atoms with van der Waals surface area (Å²) in [6.45, 7) is 2.87. The molecule has 6 nitrogen and oxygen atoms in total. The number of fused-ring (bicyclic) bond motifs is 2. The number of hydrogen-bond acceptors (Lipinski definition) is 5. The first-order chi connectivity index (χ1) is 18.0. The maximum Gasteiger partial charge on any atom is 0.341 e. The molecule has 1 heterocycles. The highest BCUT2D eigenvalue weighted by molar-refractivity contribution is 5.86. The SMILES string of the molecule is C[C@@H](NCCC1CN(c2ccc(F)c(OCC(=O)O)c2)c2ccccc2O1)c1cccc2ccccc12.Cl. The van der Waals surface area contributed by atoms with Crippen molar-refractivity contribution >= 4 is 40.5 Å². The van der Waals surface area contributed by atoms with E-state index in [0.717, 1.165) is 24.4 Å². The Bertz CT molecular complexity index is 1410. The molecule has 5 rings (SSSR count). The number of anilines is 2. The standard InChI is InChI=1S/C30H29FN2O4.ClH/c1-20(24-10-6-8-21-7-2-3-9-25(21)24)32-16-15-23-18-33(27-11-4-5-12-28(27)37-23)22-13-14-26(31)29(17-22)36-19-30(34)35;/h2-14,17,20,23,32H,15-16,18-19H2,1H3,(H,34,35);1H/t20-,23?;/m1./s1. The van der Waals surface area contributed by atoms with Crippen molar-refractivity contribution in [3.05, 3.63) is 96.3 Å². The predicted octanol–water partition coefficient (Wildman–Crippen LogP) is 6.50. The smallest absolute Gasteiger partial charge is 0.341 e. The fourth-order valence-corrected chi connectivity index (χ4v) is 4.80. The molecule has 1 aliphatic heterocycles. The first-order valence-corrected chi connectivity index (χ1v) is 12.4. The third-order valence-corrected chi connectivity index (χ3v) is 6.62. The highest BCUT2D eigenvalue weighted by atomic mass is 35.5. The van der Waals surface area contributed by atoms with E-state index in [2.05, 4.69) is 59.6 Å². The zero-order valence-corrected chi connectivity index (χ0v) is 21.8. The van der Waals surface area contributed by atoms with Crippen LogP contribution in [0.15, 0.2) is 84.9 Å². The van der Waals surface area contributed by atoms with E-state index in [1.54, 1.807) is 6.07 Å². The summed E-state index contributed by atoms with van der Waals surface area (Å²) in [4.78, 5) is 13.0. The lowest BCUT2D eigenvalue weighted by Gasteiger charge is -2.36. The maximum absolute atomic E-state index is 14.3. The van der Waals surface area contributed by atoms with E-state index in [-0.39, 0.29) is 30.3 Å². The first-order valence-electron chi connectivity index (χ1n) is 12.4. The number of para-hydroxylation sites is 2. The number of nitrogens with zero attached hydrogens (tertiary/aromatic N) is 1. The monoisotopic (exact) mass is 536 g/mol. The van der Waals surface area contributed by atoms with Gasteiger partial charge < -0.3 is 24.8 Å². The molecule has 2 N–H and O–H groups in total. The van der Waals surface area contributed by atoms with Gasteiger partial charge >= 0.3 is 5.97 Å². The highest BCUT2D eigenvalue weighted by Crippen LogP contribution is 2.40. The summed E-state index contributed by atoms with van der Waals surface area (Å²) >= 11 is 0. The quantitative estimate of drug-likeness (QED) is 0.254. The van der Waals surface area contributed by atoms with Crippen molar-refractivity contribution in [3.8, 4) is 11.5 Å². The molecule has 2 atom stereocenters. The molecule has 0 bridgehead atoms. The van der Waals surface area contributed by atoms with E-state index in [0.29, 0.717) is 12.2 Å². The Morgan fingerprint density at radius 3 is 2.71 bits per heavy atom. The van der Waals surface area contributed by atoms with Crippen LogP contribution in [0, 0.1) is 5.82 Å². The summed E-state index contributed by atoms with van der Waals surface area (Å²) in [6.07, 6.45) is 0.666. The number of benzene rings is 4. The molecule has 0 saturated heterocycles. The number of ether oxygens (including phenoxy) is 2. The van der Waals surface area contributed by atoms with Crippen molar-refractivity contribution in [3.63, 3.8) is 0 Å². The van der Waals surface area contributed by atoms with E-state index < -0.39 is 18.4 Å². The topological polar surface area (TPSA) is 71.0 Å². The highest BCUT2D eigenvalue weighted by Gasteiger charge is 2.27. The average Bonchev–Trinajstić information content (AvgIpc) is 2.91. The van der Waals surface area contributed by atoms with Gasteiger partial charge in [0.25, 0.3) is 0 Å². The summed E-state index contributed by atoms with van der Waals surface area (Å²) in [6, 6.07) is 27.2. The Kier molecular flexibility index (Phi) is 8.71. The third-order valence-electron chi connectivity index (χ3n) is 6.62. The fraction of sp³-hybridized carbons (Fsp3) is 0.233. The second kappa shape index (κ2) is 12.2. The van der Waals surface area contributed by atoms with Gasteiger partial charge in [-0.05, 0) is 60.5 Å². The number of aliphatic carboxylic acids is 1. The van der Waals surface area contributed by atoms with Gasteiger partial charge in [0.1, 0.15) is 11.9 Å². The molecule has 0 aromatic heterocycles. The van der Waals surface area contributed by atoms with Crippen LogP contribution in [-0.4, -0.2) is 36.9 Å². The van der Waals surface area contributed by atoms with Gasteiger partial charge in [0.05, 0.1) is 12.2 Å². The molecule has 0 saturated carbocycles. The van der Waals surface area contributed by atoms with Gasteiger partial charge in [-0.2, -0.15) is 0 Å². The maximum atomic E-state index is 14.3. The van der Waals surface area contributed by atoms with Crippen LogP contribution in [0.2, 0.25) is 0 Å². The molecule has 1 unspecified atom stereocenters. The second-order valence-corrected chi connectivity index (χ2v) is 9.15. The van der Waals surface area contributed by atoms with Crippen LogP contribution in [0.1, 0.15) is 24.9 Å². The van der Waals surface area contributed by atoms with Crippen LogP contribution >= 0.6 is 12.4 Å². The summed E-state index contributed by atoms with van der Waals surface area (Å²) < 4.78 is 25.7. The van der Waals surface area contributed by atoms with Crippen LogP contribution in [0.3, 0.4) is 0 Å². The molecule has 198 valence electrons. The van der Waals surface area contributed by atoms with Crippen LogP contribution in [0.4, 0.5) is 15.8 Å². The largest absolute Gasteiger partial charge is 0.486 e. The Balaban J connectivity index is 0.00000336. The van der Waals surface area contributed by atoms with E-state index in [9.17, 15) is 9.18 Å². The predicted molar refractivity (Wildman–Crippen MR) is 150 cm³/mol. The van der Waals surface area contributed by atoms with Gasteiger partial charge in [-0.3, -0.25) is 0 Å². The Morgan fingerprint density at radius 1 is 1.11 bits per heavy atom. The number of halogens is 2. The number of nitrogens with one attached hydrogen (secondary N) is 1. The molecule has 4 aromatic rings. The van der Waals surface area contributed by atoms with Gasteiger partial charge in [-0.1, -0.05) is 54.6 Å². The molecular formula is C30H30ClFN2O4. The number of carboxylic acid groups (broad SMARTS) is 1. The lowest BCUT2D eigenvalue weighted by atomic mass is 9.99. The molecule has 38 heavy (non-hydrogen) atoms. The summed E-state index contributed by atoms with van der Waals surface area (Å²) in [7, 11) is 0. The van der Waals surface area contributed by atoms with Crippen molar-refractivity contribution < 1.29 is 23.8 Å². The van der Waals surface area contributed by atoms with Crippen LogP contribution < -0.4 is 19.7 Å².